The maximum absolute atomic E-state index is 12.2. The third-order valence-corrected chi connectivity index (χ3v) is 3.81. The minimum Gasteiger partial charge on any atom is -0.359 e. The summed E-state index contributed by atoms with van der Waals surface area (Å²) in [6.07, 6.45) is -0.0884. The average molecular weight is 320 g/mol. The van der Waals surface area contributed by atoms with Crippen LogP contribution in [0, 0.1) is 0 Å². The van der Waals surface area contributed by atoms with E-state index in [9.17, 15) is 14.4 Å². The zero-order chi connectivity index (χ0) is 16.3. The summed E-state index contributed by atoms with van der Waals surface area (Å²) in [5.41, 5.74) is 3.03. The van der Waals surface area contributed by atoms with E-state index < -0.39 is 11.9 Å². The second-order valence-electron chi connectivity index (χ2n) is 4.75. The Bertz CT molecular complexity index is 620. The number of benzene rings is 1. The quantitative estimate of drug-likeness (QED) is 0.757. The van der Waals surface area contributed by atoms with Crippen molar-refractivity contribution in [1.29, 1.82) is 0 Å². The Morgan fingerprint density at radius 3 is 2.50 bits per heavy atom. The van der Waals surface area contributed by atoms with Gasteiger partial charge in [0.2, 0.25) is 5.91 Å². The van der Waals surface area contributed by atoms with Crippen LogP contribution in [0.5, 0.6) is 0 Å². The van der Waals surface area contributed by atoms with Crippen LogP contribution in [-0.4, -0.2) is 52.9 Å². The number of nitrogens with zero attached hydrogens (tertiary/aromatic N) is 2. The number of nitrogens with one attached hydrogen (secondary N) is 2. The van der Waals surface area contributed by atoms with Gasteiger partial charge in [-0.25, -0.2) is 5.01 Å². The zero-order valence-electron chi connectivity index (χ0n) is 12.2. The molecule has 0 bridgehead atoms. The van der Waals surface area contributed by atoms with Crippen molar-refractivity contribution in [2.75, 3.05) is 14.1 Å². The number of hydrogen-bond donors (Lipinski definition) is 2. The largest absolute Gasteiger partial charge is 0.359 e. The van der Waals surface area contributed by atoms with Crippen molar-refractivity contribution in [2.45, 2.75) is 12.5 Å². The summed E-state index contributed by atoms with van der Waals surface area (Å²) < 4.78 is 0. The monoisotopic (exact) mass is 320 g/mol. The minimum atomic E-state index is -0.842. The van der Waals surface area contributed by atoms with E-state index in [1.807, 2.05) is 0 Å². The van der Waals surface area contributed by atoms with Crippen molar-refractivity contribution in [3.63, 3.8) is 0 Å². The molecule has 1 atom stereocenters. The zero-order valence-corrected chi connectivity index (χ0v) is 13.0. The van der Waals surface area contributed by atoms with Gasteiger partial charge in [0, 0.05) is 19.7 Å². The first-order valence-electron chi connectivity index (χ1n) is 6.63. The summed E-state index contributed by atoms with van der Waals surface area (Å²) in [6, 6.07) is 7.71. The fraction of sp³-hybridized carbons (Fsp3) is 0.286. The van der Waals surface area contributed by atoms with E-state index in [0.717, 1.165) is 0 Å². The van der Waals surface area contributed by atoms with Gasteiger partial charge in [-0.3, -0.25) is 24.7 Å². The molecule has 0 unspecified atom stereocenters. The Balaban J connectivity index is 2.18. The lowest BCUT2D eigenvalue weighted by molar-refractivity contribution is -0.131. The van der Waals surface area contributed by atoms with Crippen molar-refractivity contribution < 1.29 is 14.4 Å². The molecule has 0 radical (unpaired) electrons. The van der Waals surface area contributed by atoms with Crippen LogP contribution in [0.15, 0.2) is 30.3 Å². The lowest BCUT2D eigenvalue weighted by Gasteiger charge is -2.23. The normalized spacial score (nSPS) is 17.6. The molecule has 2 N–H and O–H groups in total. The Kier molecular flexibility index (Phi) is 4.71. The van der Waals surface area contributed by atoms with E-state index in [0.29, 0.717) is 5.56 Å². The van der Waals surface area contributed by atoms with Crippen molar-refractivity contribution in [2.24, 2.45) is 0 Å². The molecule has 1 aromatic rings. The van der Waals surface area contributed by atoms with Gasteiger partial charge >= 0.3 is 0 Å². The Morgan fingerprint density at radius 1 is 1.27 bits per heavy atom. The molecule has 3 amide bonds. The van der Waals surface area contributed by atoms with Gasteiger partial charge in [-0.15, -0.1) is 0 Å². The maximum atomic E-state index is 12.2. The van der Waals surface area contributed by atoms with E-state index in [4.69, 9.17) is 12.2 Å². The van der Waals surface area contributed by atoms with E-state index in [1.165, 1.54) is 24.0 Å². The fourth-order valence-corrected chi connectivity index (χ4v) is 2.33. The van der Waals surface area contributed by atoms with Gasteiger partial charge in [0.25, 0.3) is 11.8 Å². The van der Waals surface area contributed by atoms with Crippen LogP contribution in [0.25, 0.3) is 0 Å². The van der Waals surface area contributed by atoms with Gasteiger partial charge in [0.15, 0.2) is 5.11 Å². The summed E-state index contributed by atoms with van der Waals surface area (Å²) in [7, 11) is 2.99. The van der Waals surface area contributed by atoms with Gasteiger partial charge in [0.05, 0.1) is 6.42 Å². The molecule has 7 nitrogen and oxygen atoms in total. The smallest absolute Gasteiger partial charge is 0.269 e. The Hall–Kier alpha value is -2.48. The number of carbonyl (C=O) groups is 3. The van der Waals surface area contributed by atoms with Crippen molar-refractivity contribution in [3.8, 4) is 0 Å². The molecule has 0 aliphatic carbocycles. The second kappa shape index (κ2) is 6.52. The SMILES string of the molecule is CNC(=O)C[C@@H]1C(=O)N(C)C(=S)N1NC(=O)c1ccccc1. The lowest BCUT2D eigenvalue weighted by Crippen LogP contribution is -2.49. The number of hydrazine groups is 1. The van der Waals surface area contributed by atoms with E-state index in [2.05, 4.69) is 10.7 Å². The molecule has 0 saturated carbocycles. The van der Waals surface area contributed by atoms with Gasteiger partial charge < -0.3 is 5.32 Å². The van der Waals surface area contributed by atoms with Gasteiger partial charge in [-0.1, -0.05) is 18.2 Å². The summed E-state index contributed by atoms with van der Waals surface area (Å²) in [5, 5.41) is 3.88. The predicted octanol–water partition coefficient (Wildman–Crippen LogP) is -0.105. The fourth-order valence-electron chi connectivity index (χ4n) is 2.07. The molecule has 1 saturated heterocycles. The molecule has 1 aliphatic rings. The van der Waals surface area contributed by atoms with Gasteiger partial charge in [-0.2, -0.15) is 0 Å². The number of thiocarbonyl (C=S) groups is 1. The highest BCUT2D eigenvalue weighted by atomic mass is 32.1. The first-order chi connectivity index (χ1) is 10.5. The lowest BCUT2D eigenvalue weighted by atomic mass is 10.2. The number of likely N-dealkylation sites (N-methyl/N-ethyl adjacent to an activating group) is 1. The molecular formula is C14H16N4O3S. The molecule has 116 valence electrons. The van der Waals surface area contributed by atoms with E-state index in [-0.39, 0.29) is 23.3 Å². The molecule has 22 heavy (non-hydrogen) atoms. The average Bonchev–Trinajstić information content (AvgIpc) is 2.73. The second-order valence-corrected chi connectivity index (χ2v) is 5.12. The summed E-state index contributed by atoms with van der Waals surface area (Å²) in [4.78, 5) is 37.2. The van der Waals surface area contributed by atoms with Crippen LogP contribution < -0.4 is 10.7 Å². The molecular weight excluding hydrogens is 304 g/mol. The molecule has 0 aromatic heterocycles. The molecule has 2 rings (SSSR count). The molecule has 1 heterocycles. The first-order valence-corrected chi connectivity index (χ1v) is 7.04. The van der Waals surface area contributed by atoms with E-state index in [1.54, 1.807) is 30.3 Å². The number of hydrogen-bond acceptors (Lipinski definition) is 4. The van der Waals surface area contributed by atoms with Crippen LogP contribution >= 0.6 is 12.2 Å². The highest BCUT2D eigenvalue weighted by Gasteiger charge is 2.42. The first kappa shape index (κ1) is 15.9. The van der Waals surface area contributed by atoms with Crippen LogP contribution in [0.2, 0.25) is 0 Å². The van der Waals surface area contributed by atoms with Gasteiger partial charge in [0.1, 0.15) is 6.04 Å². The third-order valence-electron chi connectivity index (χ3n) is 3.34. The van der Waals surface area contributed by atoms with Crippen molar-refractivity contribution in [1.82, 2.24) is 20.7 Å². The van der Waals surface area contributed by atoms with Crippen LogP contribution in [0.1, 0.15) is 16.8 Å². The van der Waals surface area contributed by atoms with Crippen LogP contribution in [0.3, 0.4) is 0 Å². The maximum Gasteiger partial charge on any atom is 0.269 e. The van der Waals surface area contributed by atoms with E-state index >= 15 is 0 Å². The van der Waals surface area contributed by atoms with Crippen LogP contribution in [-0.2, 0) is 9.59 Å². The molecule has 1 fully saturated rings. The topological polar surface area (TPSA) is 81.8 Å². The number of amides is 3. The minimum absolute atomic E-state index is 0.0884. The summed E-state index contributed by atoms with van der Waals surface area (Å²) in [6.45, 7) is 0. The molecule has 8 heteroatoms. The van der Waals surface area contributed by atoms with Crippen molar-refractivity contribution >= 4 is 35.1 Å². The van der Waals surface area contributed by atoms with Gasteiger partial charge in [-0.05, 0) is 24.4 Å². The van der Waals surface area contributed by atoms with Crippen LogP contribution in [0.4, 0.5) is 0 Å². The highest BCUT2D eigenvalue weighted by Crippen LogP contribution is 2.17. The molecule has 0 spiro atoms. The Morgan fingerprint density at radius 2 is 1.91 bits per heavy atom. The third kappa shape index (κ3) is 3.06. The summed E-state index contributed by atoms with van der Waals surface area (Å²) >= 11 is 5.16. The molecule has 1 aliphatic heterocycles. The predicted molar refractivity (Wildman–Crippen MR) is 83.6 cm³/mol. The summed E-state index contributed by atoms with van der Waals surface area (Å²) in [5.74, 6) is -1.04. The van der Waals surface area contributed by atoms with Crippen molar-refractivity contribution in [3.05, 3.63) is 35.9 Å². The molecule has 1 aromatic carbocycles. The highest BCUT2D eigenvalue weighted by molar-refractivity contribution is 7.80. The number of rotatable bonds is 4. The standard InChI is InChI=1S/C14H16N4O3S/c1-15-11(19)8-10-13(21)17(2)14(22)18(10)16-12(20)9-6-4-3-5-7-9/h3-7,10H,8H2,1-2H3,(H,15,19)(H,16,20)/t10-/m1/s1. The Labute approximate surface area is 133 Å². The number of carbonyl (C=O) groups excluding carboxylic acids is 3.